The molecule has 0 radical (unpaired) electrons. The summed E-state index contributed by atoms with van der Waals surface area (Å²) in [6.07, 6.45) is 21.5. The van der Waals surface area contributed by atoms with Crippen molar-refractivity contribution in [2.24, 2.45) is 0 Å². The molecule has 3 nitrogen and oxygen atoms in total. The molecule has 492 valence electrons. The van der Waals surface area contributed by atoms with E-state index in [4.69, 9.17) is 0 Å². The highest BCUT2D eigenvalue weighted by Gasteiger charge is 2.42. The van der Waals surface area contributed by atoms with E-state index >= 15 is 0 Å². The lowest BCUT2D eigenvalue weighted by molar-refractivity contribution is 0.401. The average Bonchev–Trinajstić information content (AvgIpc) is 1.55. The minimum Gasteiger partial charge on any atom is -0.311 e. The Morgan fingerprint density at radius 3 is 1.03 bits per heavy atom. The number of aryl methyl sites for hydroxylation is 3. The molecule has 1 aliphatic carbocycles. The summed E-state index contributed by atoms with van der Waals surface area (Å²) >= 11 is 0. The maximum Gasteiger partial charge on any atom is 0.0465 e. The maximum absolute atomic E-state index is 2.58. The Bertz CT molecular complexity index is 4460. The molecule has 0 aromatic heterocycles. The van der Waals surface area contributed by atoms with E-state index in [0.29, 0.717) is 0 Å². The summed E-state index contributed by atoms with van der Waals surface area (Å²) in [6.45, 7) is 11.5. The normalized spacial score (nSPS) is 12.1. The van der Waals surface area contributed by atoms with Crippen molar-refractivity contribution in [1.82, 2.24) is 0 Å². The lowest BCUT2D eigenvalue weighted by atomic mass is 9.70. The molecule has 98 heavy (non-hydrogen) atoms. The highest BCUT2D eigenvalue weighted by atomic mass is 15.2. The number of hydrogen-bond donors (Lipinski definition) is 0. The first-order valence-electron chi connectivity index (χ1n) is 36.8. The fourth-order valence-corrected chi connectivity index (χ4v) is 15.5. The van der Waals surface area contributed by atoms with Gasteiger partial charge in [-0.1, -0.05) is 280 Å². The molecule has 0 aliphatic heterocycles. The van der Waals surface area contributed by atoms with E-state index in [1.165, 1.54) is 192 Å². The van der Waals surface area contributed by atoms with Crippen LogP contribution >= 0.6 is 0 Å². The van der Waals surface area contributed by atoms with Crippen molar-refractivity contribution in [3.05, 3.63) is 319 Å². The minimum absolute atomic E-state index is 0.00438. The highest BCUT2D eigenvalue weighted by molar-refractivity contribution is 5.89. The molecular formula is C95H97N3. The van der Waals surface area contributed by atoms with Gasteiger partial charge in [-0.3, -0.25) is 0 Å². The maximum atomic E-state index is 2.58. The number of hydrogen-bond acceptors (Lipinski definition) is 3. The summed E-state index contributed by atoms with van der Waals surface area (Å²) in [5.41, 5.74) is 29.7. The van der Waals surface area contributed by atoms with E-state index in [-0.39, 0.29) is 5.41 Å². The Kier molecular flexibility index (Phi) is 21.7. The third-order valence-corrected chi connectivity index (χ3v) is 20.7. The monoisotopic (exact) mass is 1280 g/mol. The van der Waals surface area contributed by atoms with Crippen molar-refractivity contribution in [3.8, 4) is 55.6 Å². The number of nitrogens with zero attached hydrogens (tertiary/aromatic N) is 3. The van der Waals surface area contributed by atoms with Crippen LogP contribution in [-0.4, -0.2) is 0 Å². The van der Waals surface area contributed by atoms with Crippen LogP contribution in [0.5, 0.6) is 0 Å². The molecule has 0 amide bonds. The van der Waals surface area contributed by atoms with Crippen molar-refractivity contribution < 1.29 is 0 Å². The zero-order valence-corrected chi connectivity index (χ0v) is 58.6. The van der Waals surface area contributed by atoms with Crippen molar-refractivity contribution in [2.75, 3.05) is 14.7 Å². The number of benzene rings is 12. The van der Waals surface area contributed by atoms with E-state index in [1.54, 1.807) is 0 Å². The summed E-state index contributed by atoms with van der Waals surface area (Å²) in [4.78, 5) is 7.23. The molecular weight excluding hydrogens is 1180 g/mol. The second-order valence-corrected chi connectivity index (χ2v) is 27.4. The van der Waals surface area contributed by atoms with Crippen molar-refractivity contribution in [2.45, 2.75) is 149 Å². The highest BCUT2D eigenvalue weighted by Crippen LogP contribution is 2.56. The second kappa shape index (κ2) is 31.9. The molecule has 3 heteroatoms. The number of unbranched alkanes of at least 4 members (excludes halogenated alkanes) is 11. The third kappa shape index (κ3) is 14.9. The summed E-state index contributed by atoms with van der Waals surface area (Å²) in [5.74, 6) is 0. The van der Waals surface area contributed by atoms with Crippen LogP contribution < -0.4 is 14.7 Å². The van der Waals surface area contributed by atoms with E-state index in [9.17, 15) is 0 Å². The van der Waals surface area contributed by atoms with Crippen molar-refractivity contribution in [3.63, 3.8) is 0 Å². The molecule has 0 fully saturated rings. The first kappa shape index (κ1) is 66.6. The molecule has 1 aliphatic rings. The van der Waals surface area contributed by atoms with E-state index < -0.39 is 0 Å². The van der Waals surface area contributed by atoms with Crippen LogP contribution in [0.15, 0.2) is 291 Å². The van der Waals surface area contributed by atoms with Crippen LogP contribution in [0.1, 0.15) is 151 Å². The van der Waals surface area contributed by atoms with Crippen molar-refractivity contribution in [1.29, 1.82) is 0 Å². The van der Waals surface area contributed by atoms with E-state index in [0.717, 1.165) is 51.9 Å². The van der Waals surface area contributed by atoms with Gasteiger partial charge < -0.3 is 14.7 Å². The third-order valence-electron chi connectivity index (χ3n) is 20.7. The molecule has 0 bridgehead atoms. The second-order valence-electron chi connectivity index (χ2n) is 27.4. The predicted octanol–water partition coefficient (Wildman–Crippen LogP) is 28.5. The molecule has 13 rings (SSSR count). The standard InChI is InChI=1S/C95H97N3/c1-6-9-12-15-16-20-32-73-43-45-74(46-44-73)75-47-53-84(54-48-75)97(85-57-51-77(52-58-85)79-34-31-33-78(69-79)76-49-55-83(56-50-76)96(80-35-21-17-22-36-80)81-37-23-18-24-38-81)86-59-62-89(71(4)67-86)90-63-60-87(68-72(90)5)98(82-39-25-19-26-40-82)88-61-64-92-91-41-27-28-42-93(91)95(94(92)70-88,65-29-13-10-7-2)66-30-14-11-8-3/h17-19,21-28,31,33-64,67-70H,6-16,20,29-30,32,65-66H2,1-5H3. The van der Waals surface area contributed by atoms with Crippen LogP contribution in [0, 0.1) is 13.8 Å². The van der Waals surface area contributed by atoms with E-state index in [1.807, 2.05) is 0 Å². The summed E-state index contributed by atoms with van der Waals surface area (Å²) < 4.78 is 0. The largest absolute Gasteiger partial charge is 0.311 e. The van der Waals surface area contributed by atoms with Crippen molar-refractivity contribution >= 4 is 51.2 Å². The number of anilines is 9. The number of para-hydroxylation sites is 3. The Balaban J connectivity index is 0.807. The Labute approximate surface area is 586 Å². The van der Waals surface area contributed by atoms with Gasteiger partial charge in [-0.25, -0.2) is 0 Å². The van der Waals surface area contributed by atoms with Gasteiger partial charge in [-0.05, 0) is 238 Å². The average molecular weight is 1280 g/mol. The van der Waals surface area contributed by atoms with Crippen LogP contribution in [0.4, 0.5) is 51.2 Å². The Morgan fingerprint density at radius 2 is 0.571 bits per heavy atom. The molecule has 0 saturated heterocycles. The van der Waals surface area contributed by atoms with Gasteiger partial charge in [0.05, 0.1) is 0 Å². The van der Waals surface area contributed by atoms with Gasteiger partial charge in [0.2, 0.25) is 0 Å². The molecule has 0 N–H and O–H groups in total. The van der Waals surface area contributed by atoms with Gasteiger partial charge in [-0.15, -0.1) is 0 Å². The topological polar surface area (TPSA) is 9.72 Å². The molecule has 0 spiro atoms. The fourth-order valence-electron chi connectivity index (χ4n) is 15.5. The van der Waals surface area contributed by atoms with Crippen LogP contribution in [0.25, 0.3) is 55.6 Å². The summed E-state index contributed by atoms with van der Waals surface area (Å²) in [7, 11) is 0. The predicted molar refractivity (Wildman–Crippen MR) is 423 cm³/mol. The molecule has 0 atom stereocenters. The van der Waals surface area contributed by atoms with Gasteiger partial charge in [-0.2, -0.15) is 0 Å². The zero-order chi connectivity index (χ0) is 67.1. The van der Waals surface area contributed by atoms with Gasteiger partial charge in [0, 0.05) is 56.6 Å². The fraction of sp³-hybridized carbons (Fsp3) is 0.242. The van der Waals surface area contributed by atoms with Gasteiger partial charge in [0.15, 0.2) is 0 Å². The first-order chi connectivity index (χ1) is 48.3. The van der Waals surface area contributed by atoms with Crippen LogP contribution in [0.2, 0.25) is 0 Å². The summed E-state index contributed by atoms with van der Waals surface area (Å²) in [6, 6.07) is 109. The van der Waals surface area contributed by atoms with Gasteiger partial charge in [0.1, 0.15) is 0 Å². The van der Waals surface area contributed by atoms with Gasteiger partial charge in [0.25, 0.3) is 0 Å². The molecule has 0 unspecified atom stereocenters. The first-order valence-corrected chi connectivity index (χ1v) is 36.8. The molecule has 0 heterocycles. The van der Waals surface area contributed by atoms with Gasteiger partial charge >= 0.3 is 0 Å². The molecule has 12 aromatic carbocycles. The SMILES string of the molecule is CCCCCCCCc1ccc(-c2ccc(N(c3ccc(-c4cccc(-c5ccc(N(c6ccccc6)c6ccccc6)cc5)c4)cc3)c3ccc(-c4ccc(N(c5ccccc5)c5ccc6c(c5)C(CCCCCC)(CCCCCC)c5ccccc5-6)cc4C)c(C)c3)cc2)cc1. The Hall–Kier alpha value is -9.96. The lowest BCUT2D eigenvalue weighted by Gasteiger charge is -2.34. The smallest absolute Gasteiger partial charge is 0.0465 e. The molecule has 0 saturated carbocycles. The molecule has 12 aromatic rings. The Morgan fingerprint density at radius 1 is 0.235 bits per heavy atom. The zero-order valence-electron chi connectivity index (χ0n) is 58.6. The summed E-state index contributed by atoms with van der Waals surface area (Å²) in [5, 5.41) is 0. The minimum atomic E-state index is -0.00438. The van der Waals surface area contributed by atoms with Crippen LogP contribution in [0.3, 0.4) is 0 Å². The number of rotatable bonds is 30. The van der Waals surface area contributed by atoms with Crippen LogP contribution in [-0.2, 0) is 11.8 Å². The van der Waals surface area contributed by atoms with E-state index in [2.05, 4.69) is 341 Å². The quantitative estimate of drug-likeness (QED) is 0.0416. The lowest BCUT2D eigenvalue weighted by Crippen LogP contribution is -2.26. The number of fused-ring (bicyclic) bond motifs is 3.